The number of nitrogens with one attached hydrogen (secondary N) is 1. The monoisotopic (exact) mass is 628 g/mol. The molecule has 262 valence electrons. The van der Waals surface area contributed by atoms with Gasteiger partial charge in [-0.25, -0.2) is 0 Å². The van der Waals surface area contributed by atoms with Crippen molar-refractivity contribution in [2.75, 3.05) is 33.2 Å². The molecule has 0 saturated carbocycles. The Hall–Kier alpha value is -1.18. The van der Waals surface area contributed by atoms with Crippen LogP contribution in [0.5, 0.6) is 0 Å². The van der Waals surface area contributed by atoms with Crippen molar-refractivity contribution >= 4 is 11.9 Å². The zero-order valence-corrected chi connectivity index (χ0v) is 29.2. The van der Waals surface area contributed by atoms with E-state index in [-0.39, 0.29) is 31.9 Å². The molecule has 1 amide bonds. The second-order valence-corrected chi connectivity index (χ2v) is 12.8. The van der Waals surface area contributed by atoms with Crippen LogP contribution in [0.3, 0.4) is 0 Å². The molecule has 44 heavy (non-hydrogen) atoms. The van der Waals surface area contributed by atoms with E-state index in [1.54, 1.807) is 6.92 Å². The van der Waals surface area contributed by atoms with Gasteiger partial charge in [0.05, 0.1) is 13.2 Å². The Morgan fingerprint density at radius 2 is 1.02 bits per heavy atom. The molecule has 0 radical (unpaired) electrons. The van der Waals surface area contributed by atoms with Crippen molar-refractivity contribution in [3.05, 3.63) is 0 Å². The van der Waals surface area contributed by atoms with E-state index in [4.69, 9.17) is 14.2 Å². The molecule has 0 aromatic carbocycles. The van der Waals surface area contributed by atoms with Crippen molar-refractivity contribution in [1.82, 2.24) is 5.32 Å². The lowest BCUT2D eigenvalue weighted by Gasteiger charge is -2.16. The molecule has 0 aromatic rings. The lowest BCUT2D eigenvalue weighted by atomic mass is 10.0. The van der Waals surface area contributed by atoms with Gasteiger partial charge in [-0.05, 0) is 19.3 Å². The summed E-state index contributed by atoms with van der Waals surface area (Å²) < 4.78 is 16.4. The van der Waals surface area contributed by atoms with Crippen LogP contribution in [-0.4, -0.2) is 56.2 Å². The number of rotatable bonds is 36. The van der Waals surface area contributed by atoms with E-state index in [1.165, 1.54) is 141 Å². The smallest absolute Gasteiger partial charge is 0.306 e. The topological polar surface area (TPSA) is 94.1 Å². The zero-order valence-electron chi connectivity index (χ0n) is 29.2. The third-order valence-corrected chi connectivity index (χ3v) is 8.30. The van der Waals surface area contributed by atoms with Crippen LogP contribution in [-0.2, 0) is 23.8 Å². The fourth-order valence-electron chi connectivity index (χ4n) is 5.49. The van der Waals surface area contributed by atoms with Gasteiger partial charge in [-0.15, -0.1) is 0 Å². The van der Waals surface area contributed by atoms with Crippen molar-refractivity contribution in [2.45, 2.75) is 193 Å². The average molecular weight is 628 g/mol. The SMILES string of the molecule is CCCCCCCCCCCCCCCC(=O)O[C@H](CO)COCOCCCCCCCCCCCCCCCNC(C)=O. The summed E-state index contributed by atoms with van der Waals surface area (Å²) in [6.45, 7) is 5.44. The molecule has 7 heteroatoms. The van der Waals surface area contributed by atoms with Crippen LogP contribution in [0.25, 0.3) is 0 Å². The molecule has 0 aliphatic rings. The van der Waals surface area contributed by atoms with Crippen LogP contribution >= 0.6 is 0 Å². The van der Waals surface area contributed by atoms with Crippen LogP contribution in [0.2, 0.25) is 0 Å². The van der Waals surface area contributed by atoms with Crippen LogP contribution in [0.15, 0.2) is 0 Å². The summed E-state index contributed by atoms with van der Waals surface area (Å²) in [5.41, 5.74) is 0. The molecule has 0 aliphatic heterocycles. The van der Waals surface area contributed by atoms with Crippen molar-refractivity contribution in [3.63, 3.8) is 0 Å². The van der Waals surface area contributed by atoms with Gasteiger partial charge >= 0.3 is 5.97 Å². The number of hydrogen-bond acceptors (Lipinski definition) is 6. The largest absolute Gasteiger partial charge is 0.457 e. The Kier molecular flexibility index (Phi) is 35.3. The second-order valence-electron chi connectivity index (χ2n) is 12.8. The maximum Gasteiger partial charge on any atom is 0.306 e. The van der Waals surface area contributed by atoms with E-state index in [1.807, 2.05) is 0 Å². The minimum Gasteiger partial charge on any atom is -0.457 e. The summed E-state index contributed by atoms with van der Waals surface area (Å²) in [5.74, 6) is -0.175. The van der Waals surface area contributed by atoms with Gasteiger partial charge in [0.1, 0.15) is 12.9 Å². The van der Waals surface area contributed by atoms with E-state index < -0.39 is 6.10 Å². The van der Waals surface area contributed by atoms with Gasteiger partial charge in [-0.2, -0.15) is 0 Å². The predicted molar refractivity (Wildman–Crippen MR) is 183 cm³/mol. The quantitative estimate of drug-likeness (QED) is 0.0408. The standard InChI is InChI=1S/C37H73NO6/c1-3-4-5-6-7-8-9-11-14-17-20-23-26-29-37(41)44-36(32-39)33-43-34-42-31-28-25-22-19-16-13-10-12-15-18-21-24-27-30-38-35(2)40/h36,39H,3-34H2,1-2H3,(H,38,40)/t36-/m1/s1. The first kappa shape index (κ1) is 42.8. The lowest BCUT2D eigenvalue weighted by Crippen LogP contribution is -2.27. The van der Waals surface area contributed by atoms with Crippen LogP contribution in [0.1, 0.15) is 187 Å². The molecule has 0 heterocycles. The van der Waals surface area contributed by atoms with Crippen molar-refractivity contribution in [2.24, 2.45) is 0 Å². The maximum atomic E-state index is 12.1. The number of aliphatic hydroxyl groups excluding tert-OH is 1. The van der Waals surface area contributed by atoms with Gasteiger partial charge in [0.25, 0.3) is 0 Å². The highest BCUT2D eigenvalue weighted by atomic mass is 16.7. The van der Waals surface area contributed by atoms with Gasteiger partial charge in [0.15, 0.2) is 0 Å². The van der Waals surface area contributed by atoms with E-state index in [9.17, 15) is 14.7 Å². The molecule has 0 aromatic heterocycles. The number of esters is 1. The Morgan fingerprint density at radius 3 is 1.48 bits per heavy atom. The van der Waals surface area contributed by atoms with Gasteiger partial charge < -0.3 is 24.6 Å². The Bertz CT molecular complexity index is 603. The first-order valence-corrected chi connectivity index (χ1v) is 18.8. The van der Waals surface area contributed by atoms with Gasteiger partial charge in [0, 0.05) is 26.5 Å². The number of carbonyl (C=O) groups excluding carboxylic acids is 2. The molecule has 7 nitrogen and oxygen atoms in total. The summed E-state index contributed by atoms with van der Waals surface area (Å²) in [6.07, 6.45) is 32.7. The Morgan fingerprint density at radius 1 is 0.591 bits per heavy atom. The Labute approximate surface area is 272 Å². The molecule has 1 atom stereocenters. The highest BCUT2D eigenvalue weighted by molar-refractivity contribution is 5.72. The molecule has 0 saturated heterocycles. The molecular formula is C37H73NO6. The predicted octanol–water partition coefficient (Wildman–Crippen LogP) is 9.57. The summed E-state index contributed by atoms with van der Waals surface area (Å²) in [5, 5.41) is 12.4. The highest BCUT2D eigenvalue weighted by Crippen LogP contribution is 2.14. The van der Waals surface area contributed by atoms with Gasteiger partial charge in [-0.1, -0.05) is 155 Å². The summed E-state index contributed by atoms with van der Waals surface area (Å²) >= 11 is 0. The fraction of sp³-hybridized carbons (Fsp3) is 0.946. The molecule has 0 aliphatic carbocycles. The minimum absolute atomic E-state index is 0.0723. The zero-order chi connectivity index (χ0) is 32.2. The van der Waals surface area contributed by atoms with Crippen molar-refractivity contribution in [1.29, 1.82) is 0 Å². The highest BCUT2D eigenvalue weighted by Gasteiger charge is 2.13. The number of amides is 1. The Balaban J connectivity index is 3.36. The minimum atomic E-state index is -0.616. The number of hydrogen-bond donors (Lipinski definition) is 2. The van der Waals surface area contributed by atoms with Crippen LogP contribution in [0.4, 0.5) is 0 Å². The van der Waals surface area contributed by atoms with Gasteiger partial charge in [0.2, 0.25) is 5.91 Å². The van der Waals surface area contributed by atoms with E-state index in [0.717, 1.165) is 32.2 Å². The van der Waals surface area contributed by atoms with E-state index >= 15 is 0 Å². The lowest BCUT2D eigenvalue weighted by molar-refractivity contribution is -0.159. The molecule has 0 unspecified atom stereocenters. The molecule has 0 spiro atoms. The first-order valence-electron chi connectivity index (χ1n) is 18.8. The normalized spacial score (nSPS) is 12.0. The first-order chi connectivity index (χ1) is 21.6. The third kappa shape index (κ3) is 35.3. The third-order valence-electron chi connectivity index (χ3n) is 8.30. The average Bonchev–Trinajstić information content (AvgIpc) is 3.01. The van der Waals surface area contributed by atoms with Crippen molar-refractivity contribution < 1.29 is 28.9 Å². The molecule has 0 bridgehead atoms. The summed E-state index contributed by atoms with van der Waals surface area (Å²) in [7, 11) is 0. The van der Waals surface area contributed by atoms with Crippen LogP contribution < -0.4 is 5.32 Å². The summed E-state index contributed by atoms with van der Waals surface area (Å²) in [4.78, 5) is 22.9. The fourth-order valence-corrected chi connectivity index (χ4v) is 5.49. The number of ether oxygens (including phenoxy) is 3. The van der Waals surface area contributed by atoms with Crippen LogP contribution in [0, 0.1) is 0 Å². The molecule has 0 rings (SSSR count). The molecular weight excluding hydrogens is 554 g/mol. The molecule has 0 fully saturated rings. The second kappa shape index (κ2) is 36.3. The molecule has 2 N–H and O–H groups in total. The number of carbonyl (C=O) groups is 2. The summed E-state index contributed by atoms with van der Waals surface area (Å²) in [6, 6.07) is 0. The van der Waals surface area contributed by atoms with E-state index in [2.05, 4.69) is 12.2 Å². The van der Waals surface area contributed by atoms with Gasteiger partial charge in [-0.3, -0.25) is 9.59 Å². The number of unbranched alkanes of at least 4 members (excludes halogenated alkanes) is 24. The maximum absolute atomic E-state index is 12.1. The van der Waals surface area contributed by atoms with Crippen molar-refractivity contribution in [3.8, 4) is 0 Å². The number of aliphatic hydroxyl groups is 1. The van der Waals surface area contributed by atoms with E-state index in [0.29, 0.717) is 13.0 Å².